The molecule has 0 aromatic carbocycles. The second-order valence-electron chi connectivity index (χ2n) is 3.08. The summed E-state index contributed by atoms with van der Waals surface area (Å²) in [5.74, 6) is -0.678. The molecule has 2 N–H and O–H groups in total. The predicted molar refractivity (Wildman–Crippen MR) is 49.8 cm³/mol. The average Bonchev–Trinajstić information content (AvgIpc) is 2.39. The van der Waals surface area contributed by atoms with E-state index >= 15 is 0 Å². The maximum absolute atomic E-state index is 10.2. The van der Waals surface area contributed by atoms with E-state index in [1.807, 2.05) is 0 Å². The van der Waals surface area contributed by atoms with E-state index in [0.29, 0.717) is 12.5 Å². The third-order valence-corrected chi connectivity index (χ3v) is 2.11. The van der Waals surface area contributed by atoms with Gasteiger partial charge in [-0.3, -0.25) is 4.79 Å². The Balaban J connectivity index is 0.00000121. The zero-order valence-electron chi connectivity index (χ0n) is 7.08. The van der Waals surface area contributed by atoms with Gasteiger partial charge in [-0.2, -0.15) is 0 Å². The van der Waals surface area contributed by atoms with Gasteiger partial charge in [0.2, 0.25) is 0 Å². The number of carboxylic acid groups (broad SMARTS) is 1. The van der Waals surface area contributed by atoms with Crippen LogP contribution >= 0.6 is 12.4 Å². The van der Waals surface area contributed by atoms with Crippen LogP contribution in [-0.2, 0) is 4.79 Å². The first-order chi connectivity index (χ1) is 5.29. The molecule has 72 valence electrons. The van der Waals surface area contributed by atoms with Crippen LogP contribution in [0.3, 0.4) is 0 Å². The summed E-state index contributed by atoms with van der Waals surface area (Å²) < 4.78 is 0. The van der Waals surface area contributed by atoms with E-state index in [-0.39, 0.29) is 12.4 Å². The lowest BCUT2D eigenvalue weighted by Crippen LogP contribution is -2.21. The molecule has 0 spiro atoms. The Labute approximate surface area is 78.9 Å². The minimum Gasteiger partial charge on any atom is -0.481 e. The van der Waals surface area contributed by atoms with E-state index in [2.05, 4.69) is 5.32 Å². The second-order valence-corrected chi connectivity index (χ2v) is 3.08. The second kappa shape index (κ2) is 6.26. The summed E-state index contributed by atoms with van der Waals surface area (Å²) in [6.07, 6.45) is 4.62. The van der Waals surface area contributed by atoms with Crippen LogP contribution in [0.25, 0.3) is 0 Å². The first kappa shape index (κ1) is 11.7. The summed E-state index contributed by atoms with van der Waals surface area (Å²) in [6, 6.07) is 0.592. The molecule has 0 aromatic rings. The van der Waals surface area contributed by atoms with Crippen LogP contribution in [0.1, 0.15) is 32.1 Å². The molecular weight excluding hydrogens is 178 g/mol. The minimum atomic E-state index is -0.678. The molecule has 3 nitrogen and oxygen atoms in total. The Hall–Kier alpha value is -0.280. The molecule has 0 aliphatic carbocycles. The van der Waals surface area contributed by atoms with Gasteiger partial charge in [0.05, 0.1) is 0 Å². The van der Waals surface area contributed by atoms with Gasteiger partial charge >= 0.3 is 5.97 Å². The van der Waals surface area contributed by atoms with Crippen molar-refractivity contribution in [3.8, 4) is 0 Å². The van der Waals surface area contributed by atoms with Crippen molar-refractivity contribution in [1.29, 1.82) is 0 Å². The van der Waals surface area contributed by atoms with Gasteiger partial charge < -0.3 is 10.4 Å². The first-order valence-electron chi connectivity index (χ1n) is 4.24. The van der Waals surface area contributed by atoms with E-state index in [9.17, 15) is 4.79 Å². The van der Waals surface area contributed by atoms with E-state index in [1.165, 1.54) is 12.8 Å². The topological polar surface area (TPSA) is 49.3 Å². The van der Waals surface area contributed by atoms with Crippen molar-refractivity contribution in [2.45, 2.75) is 38.1 Å². The molecule has 0 amide bonds. The third kappa shape index (κ3) is 4.57. The molecule has 1 fully saturated rings. The highest BCUT2D eigenvalue weighted by atomic mass is 35.5. The molecule has 1 aliphatic rings. The van der Waals surface area contributed by atoms with Crippen LogP contribution in [0.15, 0.2) is 0 Å². The van der Waals surface area contributed by atoms with Crippen LogP contribution < -0.4 is 5.32 Å². The monoisotopic (exact) mass is 193 g/mol. The highest BCUT2D eigenvalue weighted by Gasteiger charge is 2.13. The fourth-order valence-corrected chi connectivity index (χ4v) is 1.50. The van der Waals surface area contributed by atoms with Crippen molar-refractivity contribution >= 4 is 18.4 Å². The van der Waals surface area contributed by atoms with E-state index in [4.69, 9.17) is 5.11 Å². The molecular formula is C8H16ClNO2. The van der Waals surface area contributed by atoms with Crippen LogP contribution in [-0.4, -0.2) is 23.7 Å². The molecule has 1 saturated heterocycles. The Morgan fingerprint density at radius 1 is 1.58 bits per heavy atom. The van der Waals surface area contributed by atoms with Crippen molar-refractivity contribution in [2.75, 3.05) is 6.54 Å². The van der Waals surface area contributed by atoms with Gasteiger partial charge in [0.15, 0.2) is 0 Å². The minimum absolute atomic E-state index is 0. The van der Waals surface area contributed by atoms with Gasteiger partial charge in [-0.15, -0.1) is 12.4 Å². The molecule has 1 heterocycles. The Bertz CT molecular complexity index is 135. The predicted octanol–water partition coefficient (Wildman–Crippen LogP) is 1.42. The van der Waals surface area contributed by atoms with Gasteiger partial charge in [0.25, 0.3) is 0 Å². The zero-order valence-corrected chi connectivity index (χ0v) is 7.90. The summed E-state index contributed by atoms with van der Waals surface area (Å²) in [4.78, 5) is 10.2. The molecule has 12 heavy (non-hydrogen) atoms. The largest absolute Gasteiger partial charge is 0.481 e. The fraction of sp³-hybridized carbons (Fsp3) is 0.875. The standard InChI is InChI=1S/C8H15NO2.ClH/c10-8(11)5-1-3-7-4-2-6-9-7;/h7,9H,1-6H2,(H,10,11);1H. The first-order valence-corrected chi connectivity index (χ1v) is 4.24. The third-order valence-electron chi connectivity index (χ3n) is 2.11. The summed E-state index contributed by atoms with van der Waals surface area (Å²) in [6.45, 7) is 1.11. The molecule has 1 atom stereocenters. The quantitative estimate of drug-likeness (QED) is 0.710. The Morgan fingerprint density at radius 3 is 2.83 bits per heavy atom. The smallest absolute Gasteiger partial charge is 0.303 e. The summed E-state index contributed by atoms with van der Waals surface area (Å²) in [7, 11) is 0. The van der Waals surface area contributed by atoms with Gasteiger partial charge in [0.1, 0.15) is 0 Å². The summed E-state index contributed by atoms with van der Waals surface area (Å²) in [5.41, 5.74) is 0. The lowest BCUT2D eigenvalue weighted by atomic mass is 10.1. The fourth-order valence-electron chi connectivity index (χ4n) is 1.50. The van der Waals surface area contributed by atoms with Crippen molar-refractivity contribution in [3.05, 3.63) is 0 Å². The van der Waals surface area contributed by atoms with E-state index < -0.39 is 5.97 Å². The molecule has 0 radical (unpaired) electrons. The van der Waals surface area contributed by atoms with E-state index in [0.717, 1.165) is 19.4 Å². The number of aliphatic carboxylic acids is 1. The number of rotatable bonds is 4. The molecule has 1 unspecified atom stereocenters. The van der Waals surface area contributed by atoms with Crippen molar-refractivity contribution in [1.82, 2.24) is 5.32 Å². The van der Waals surface area contributed by atoms with Gasteiger partial charge in [0, 0.05) is 12.5 Å². The lowest BCUT2D eigenvalue weighted by Gasteiger charge is -2.07. The SMILES string of the molecule is Cl.O=C(O)CCCC1CCCN1. The normalized spacial score (nSPS) is 21.8. The van der Waals surface area contributed by atoms with Crippen molar-refractivity contribution in [2.24, 2.45) is 0 Å². The molecule has 0 saturated carbocycles. The average molecular weight is 194 g/mol. The molecule has 4 heteroatoms. The molecule has 1 rings (SSSR count). The van der Waals surface area contributed by atoms with Crippen LogP contribution in [0.5, 0.6) is 0 Å². The summed E-state index contributed by atoms with van der Waals surface area (Å²) >= 11 is 0. The maximum atomic E-state index is 10.2. The number of carboxylic acids is 1. The highest BCUT2D eigenvalue weighted by Crippen LogP contribution is 2.11. The van der Waals surface area contributed by atoms with Crippen LogP contribution in [0.4, 0.5) is 0 Å². The van der Waals surface area contributed by atoms with Gasteiger partial charge in [-0.1, -0.05) is 0 Å². The molecule has 1 aliphatic heterocycles. The number of hydrogen-bond acceptors (Lipinski definition) is 2. The number of halogens is 1. The van der Waals surface area contributed by atoms with Crippen molar-refractivity contribution in [3.63, 3.8) is 0 Å². The Morgan fingerprint density at radius 2 is 2.33 bits per heavy atom. The molecule has 0 bridgehead atoms. The van der Waals surface area contributed by atoms with Crippen molar-refractivity contribution < 1.29 is 9.90 Å². The lowest BCUT2D eigenvalue weighted by molar-refractivity contribution is -0.137. The number of hydrogen-bond donors (Lipinski definition) is 2. The highest BCUT2D eigenvalue weighted by molar-refractivity contribution is 5.85. The van der Waals surface area contributed by atoms with Gasteiger partial charge in [-0.25, -0.2) is 0 Å². The maximum Gasteiger partial charge on any atom is 0.303 e. The van der Waals surface area contributed by atoms with Crippen LogP contribution in [0.2, 0.25) is 0 Å². The zero-order chi connectivity index (χ0) is 8.10. The van der Waals surface area contributed by atoms with Gasteiger partial charge in [-0.05, 0) is 32.2 Å². The van der Waals surface area contributed by atoms with Crippen LogP contribution in [0, 0.1) is 0 Å². The number of nitrogens with one attached hydrogen (secondary N) is 1. The Kier molecular flexibility index (Phi) is 6.11. The van der Waals surface area contributed by atoms with E-state index in [1.54, 1.807) is 0 Å². The number of carbonyl (C=O) groups is 1. The summed E-state index contributed by atoms with van der Waals surface area (Å²) in [5, 5.41) is 11.7. The molecule has 0 aromatic heterocycles.